The van der Waals surface area contributed by atoms with E-state index in [4.69, 9.17) is 33.2 Å². The summed E-state index contributed by atoms with van der Waals surface area (Å²) in [6.45, 7) is 6.18. The van der Waals surface area contributed by atoms with Crippen LogP contribution in [0.3, 0.4) is 0 Å². The summed E-state index contributed by atoms with van der Waals surface area (Å²) in [5.74, 6) is -0.505. The van der Waals surface area contributed by atoms with Crippen molar-refractivity contribution in [3.05, 3.63) is 144 Å². The fourth-order valence-electron chi connectivity index (χ4n) is 10.7. The molecule has 0 amide bonds. The summed E-state index contributed by atoms with van der Waals surface area (Å²) in [5.41, 5.74) is 4.14. The molecule has 438 valence electrons. The highest BCUT2D eigenvalue weighted by Crippen LogP contribution is 2.34. The normalized spacial score (nSPS) is 17.6. The molecule has 9 nitrogen and oxygen atoms in total. The predicted octanol–water partition coefficient (Wildman–Crippen LogP) is 17.9. The third kappa shape index (κ3) is 29.8. The summed E-state index contributed by atoms with van der Waals surface area (Å²) in [5, 5.41) is 0. The first-order chi connectivity index (χ1) is 39.0. The maximum Gasteiger partial charge on any atom is 0.306 e. The molecule has 1 fully saturated rings. The number of unbranched alkanes of at least 4 members (excludes halogenated alkanes) is 24. The Morgan fingerprint density at radius 2 is 0.747 bits per heavy atom. The van der Waals surface area contributed by atoms with Crippen molar-refractivity contribution in [2.45, 2.75) is 270 Å². The van der Waals surface area contributed by atoms with E-state index in [9.17, 15) is 9.59 Å². The van der Waals surface area contributed by atoms with Crippen LogP contribution in [0.1, 0.15) is 229 Å². The van der Waals surface area contributed by atoms with E-state index in [0.717, 1.165) is 60.8 Å². The van der Waals surface area contributed by atoms with Crippen LogP contribution in [0.25, 0.3) is 0 Å². The van der Waals surface area contributed by atoms with E-state index < -0.39 is 36.6 Å². The molecule has 0 aromatic heterocycles. The van der Waals surface area contributed by atoms with Crippen LogP contribution in [0, 0.1) is 0 Å². The maximum absolute atomic E-state index is 13.7. The van der Waals surface area contributed by atoms with Gasteiger partial charge in [-0.2, -0.15) is 0 Å². The fraction of sp³-hybridized carbons (Fsp3) is 0.629. The Hall–Kier alpha value is -4.38. The first-order valence-corrected chi connectivity index (χ1v) is 31.6. The van der Waals surface area contributed by atoms with E-state index in [1.165, 1.54) is 128 Å². The molecule has 4 aromatic rings. The zero-order valence-corrected chi connectivity index (χ0v) is 49.1. The van der Waals surface area contributed by atoms with Crippen LogP contribution in [-0.2, 0) is 69.2 Å². The average molecular weight is 1090 g/mol. The highest BCUT2D eigenvalue weighted by molar-refractivity contribution is 5.70. The van der Waals surface area contributed by atoms with Crippen molar-refractivity contribution in [3.8, 4) is 0 Å². The molecule has 0 spiro atoms. The highest BCUT2D eigenvalue weighted by atomic mass is 16.6. The van der Waals surface area contributed by atoms with Gasteiger partial charge in [0, 0.05) is 12.8 Å². The van der Waals surface area contributed by atoms with Crippen LogP contribution in [0.15, 0.2) is 121 Å². The van der Waals surface area contributed by atoms with E-state index in [0.29, 0.717) is 52.1 Å². The van der Waals surface area contributed by atoms with Gasteiger partial charge < -0.3 is 33.2 Å². The molecule has 1 heterocycles. The van der Waals surface area contributed by atoms with Crippen molar-refractivity contribution >= 4 is 11.9 Å². The third-order valence-electron chi connectivity index (χ3n) is 15.4. The molecule has 0 N–H and O–H groups in total. The summed E-state index contributed by atoms with van der Waals surface area (Å²) in [7, 11) is 0. The maximum atomic E-state index is 13.7. The smallest absolute Gasteiger partial charge is 0.306 e. The largest absolute Gasteiger partial charge is 0.462 e. The number of rotatable bonds is 47. The molecule has 0 aliphatic carbocycles. The number of hydrogen-bond acceptors (Lipinski definition) is 9. The minimum atomic E-state index is -0.660. The van der Waals surface area contributed by atoms with Crippen molar-refractivity contribution in [3.63, 3.8) is 0 Å². The second-order valence-electron chi connectivity index (χ2n) is 22.4. The SMILES string of the molecule is CCCCCCCCCCCCCCCC(=O)OC[C@@H](CC[C@@H]1O[C@H](COCc2ccccc2)[C@@H](OCc2ccccc2)[C@H](OCc2ccccc2)[C@H]1OCc1ccccc1)OC(=O)CCCCCCCCCCCCCCC. The number of carbonyl (C=O) groups is 2. The summed E-state index contributed by atoms with van der Waals surface area (Å²) < 4.78 is 46.8. The Morgan fingerprint density at radius 3 is 1.15 bits per heavy atom. The number of ether oxygens (including phenoxy) is 7. The van der Waals surface area contributed by atoms with E-state index in [1.807, 2.05) is 72.8 Å². The van der Waals surface area contributed by atoms with Gasteiger partial charge in [-0.15, -0.1) is 0 Å². The molecule has 6 atom stereocenters. The van der Waals surface area contributed by atoms with E-state index in [-0.39, 0.29) is 25.2 Å². The van der Waals surface area contributed by atoms with Gasteiger partial charge in [-0.05, 0) is 47.9 Å². The molecule has 0 bridgehead atoms. The van der Waals surface area contributed by atoms with Crippen LogP contribution in [0.2, 0.25) is 0 Å². The quantitative estimate of drug-likeness (QED) is 0.0316. The molecule has 4 aromatic carbocycles. The molecule has 0 radical (unpaired) electrons. The van der Waals surface area contributed by atoms with Gasteiger partial charge in [-0.25, -0.2) is 0 Å². The van der Waals surface area contributed by atoms with Crippen molar-refractivity contribution in [2.24, 2.45) is 0 Å². The van der Waals surface area contributed by atoms with Crippen molar-refractivity contribution in [1.29, 1.82) is 0 Å². The number of esters is 2. The zero-order chi connectivity index (χ0) is 55.5. The third-order valence-corrected chi connectivity index (χ3v) is 15.4. The van der Waals surface area contributed by atoms with Crippen molar-refractivity contribution < 1.29 is 42.7 Å². The summed E-state index contributed by atoms with van der Waals surface area (Å²) >= 11 is 0. The van der Waals surface area contributed by atoms with Crippen molar-refractivity contribution in [2.75, 3.05) is 13.2 Å². The van der Waals surface area contributed by atoms with Crippen LogP contribution in [0.5, 0.6) is 0 Å². The molecule has 1 aliphatic rings. The van der Waals surface area contributed by atoms with Gasteiger partial charge in [0.05, 0.1) is 39.1 Å². The Bertz CT molecular complexity index is 2050. The van der Waals surface area contributed by atoms with Crippen molar-refractivity contribution in [1.82, 2.24) is 0 Å². The van der Waals surface area contributed by atoms with Crippen LogP contribution in [0.4, 0.5) is 0 Å². The van der Waals surface area contributed by atoms with E-state index in [2.05, 4.69) is 62.4 Å². The van der Waals surface area contributed by atoms with E-state index >= 15 is 0 Å². The summed E-state index contributed by atoms with van der Waals surface area (Å²) in [4.78, 5) is 27.0. The van der Waals surface area contributed by atoms with Gasteiger partial charge >= 0.3 is 11.9 Å². The zero-order valence-electron chi connectivity index (χ0n) is 49.1. The molecule has 1 aliphatic heterocycles. The molecule has 0 saturated carbocycles. The minimum Gasteiger partial charge on any atom is -0.462 e. The lowest BCUT2D eigenvalue weighted by Gasteiger charge is -2.46. The number of carbonyl (C=O) groups excluding carboxylic acids is 2. The Labute approximate surface area is 479 Å². The molecular formula is C70H104O9. The van der Waals surface area contributed by atoms with Gasteiger partial charge in [0.15, 0.2) is 0 Å². The first kappa shape index (κ1) is 65.4. The lowest BCUT2D eigenvalue weighted by molar-refractivity contribution is -0.274. The van der Waals surface area contributed by atoms with Crippen LogP contribution >= 0.6 is 0 Å². The van der Waals surface area contributed by atoms with Gasteiger partial charge in [-0.1, -0.05) is 289 Å². The second kappa shape index (κ2) is 43.4. The average Bonchev–Trinajstić information content (AvgIpc) is 3.54. The Balaban J connectivity index is 1.26. The van der Waals surface area contributed by atoms with Gasteiger partial charge in [0.1, 0.15) is 37.1 Å². The summed E-state index contributed by atoms with van der Waals surface area (Å²) in [6, 6.07) is 40.6. The Morgan fingerprint density at radius 1 is 0.405 bits per heavy atom. The lowest BCUT2D eigenvalue weighted by Crippen LogP contribution is -2.61. The molecular weight excluding hydrogens is 985 g/mol. The molecule has 9 heteroatoms. The number of benzene rings is 4. The number of hydrogen-bond donors (Lipinski definition) is 0. The topological polar surface area (TPSA) is 98.8 Å². The van der Waals surface area contributed by atoms with Crippen LogP contribution in [-0.4, -0.2) is 61.8 Å². The molecule has 0 unspecified atom stereocenters. The highest BCUT2D eigenvalue weighted by Gasteiger charge is 2.48. The van der Waals surface area contributed by atoms with Gasteiger partial charge in [0.25, 0.3) is 0 Å². The predicted molar refractivity (Wildman–Crippen MR) is 321 cm³/mol. The van der Waals surface area contributed by atoms with Gasteiger partial charge in [0.2, 0.25) is 0 Å². The molecule has 1 saturated heterocycles. The molecule has 5 rings (SSSR count). The molecule has 79 heavy (non-hydrogen) atoms. The Kier molecular flexibility index (Phi) is 35.9. The second-order valence-corrected chi connectivity index (χ2v) is 22.4. The van der Waals surface area contributed by atoms with Gasteiger partial charge in [-0.3, -0.25) is 9.59 Å². The standard InChI is InChI=1S/C70H104O9/c1-3-5-7-9-11-13-15-17-19-21-23-25-39-49-66(71)74-57-63(78-67(72)50-40-26-24-22-20-18-16-14-12-10-8-6-4-2)51-52-64-68(75-54-60-43-33-28-34-44-60)70(77-56-62-47-37-30-38-48-62)69(76-55-61-45-35-29-36-46-61)65(79-64)58-73-53-59-41-31-27-32-42-59/h27-38,41-48,63-65,68-70H,3-26,39-40,49-58H2,1-2H3/t63-,64+,65-,68+,69-,70-/m1/s1. The summed E-state index contributed by atoms with van der Waals surface area (Å²) in [6.07, 6.45) is 30.2. The van der Waals surface area contributed by atoms with E-state index in [1.54, 1.807) is 0 Å². The monoisotopic (exact) mass is 1090 g/mol. The minimum absolute atomic E-state index is 0.00968. The van der Waals surface area contributed by atoms with Crippen LogP contribution < -0.4 is 0 Å². The first-order valence-electron chi connectivity index (χ1n) is 31.6. The lowest BCUT2D eigenvalue weighted by atomic mass is 9.91. The fourth-order valence-corrected chi connectivity index (χ4v) is 10.7.